The number of benzene rings is 2. The lowest BCUT2D eigenvalue weighted by Crippen LogP contribution is -2.35. The number of carbonyl (C=O) groups is 2. The van der Waals surface area contributed by atoms with Gasteiger partial charge in [0.15, 0.2) is 0 Å². The lowest BCUT2D eigenvalue weighted by atomic mass is 9.98. The van der Waals surface area contributed by atoms with Crippen LogP contribution in [0.5, 0.6) is 11.5 Å². The van der Waals surface area contributed by atoms with Crippen LogP contribution in [0, 0.1) is 0 Å². The molecule has 2 N–H and O–H groups in total. The van der Waals surface area contributed by atoms with Crippen LogP contribution in [0.4, 0.5) is 5.69 Å². The highest BCUT2D eigenvalue weighted by atomic mass is 16.5. The predicted octanol–water partition coefficient (Wildman–Crippen LogP) is 4.66. The van der Waals surface area contributed by atoms with Crippen molar-refractivity contribution in [1.29, 1.82) is 0 Å². The molecule has 34 heavy (non-hydrogen) atoms. The van der Waals surface area contributed by atoms with Gasteiger partial charge in [0.2, 0.25) is 0 Å². The van der Waals surface area contributed by atoms with Gasteiger partial charge in [-0.05, 0) is 59.9 Å². The molecule has 0 radical (unpaired) electrons. The molecule has 4 rings (SSSR count). The number of nitrogens with one attached hydrogen (secondary N) is 2. The molecule has 0 saturated heterocycles. The number of hydrogen-bond donors (Lipinski definition) is 2. The molecule has 1 aromatic heterocycles. The minimum Gasteiger partial charge on any atom is -0.457 e. The van der Waals surface area contributed by atoms with Crippen LogP contribution >= 0.6 is 0 Å². The van der Waals surface area contributed by atoms with Gasteiger partial charge >= 0.3 is 0 Å². The second-order valence-corrected chi connectivity index (χ2v) is 8.29. The average molecular weight is 460 g/mol. The third-order valence-electron chi connectivity index (χ3n) is 5.76. The Balaban J connectivity index is 1.42. The zero-order chi connectivity index (χ0) is 23.9. The molecule has 176 valence electrons. The van der Waals surface area contributed by atoms with Crippen LogP contribution in [-0.4, -0.2) is 29.9 Å². The number of pyridine rings is 1. The first-order valence-electron chi connectivity index (χ1n) is 11.5. The smallest absolute Gasteiger partial charge is 0.269 e. The number of nitrogens with zero attached hydrogens (tertiary/aromatic N) is 1. The first-order valence-corrected chi connectivity index (χ1v) is 11.5. The van der Waals surface area contributed by atoms with Crippen molar-refractivity contribution < 1.29 is 19.1 Å². The van der Waals surface area contributed by atoms with E-state index < -0.39 is 6.10 Å². The second kappa shape index (κ2) is 10.9. The van der Waals surface area contributed by atoms with Gasteiger partial charge in [0.25, 0.3) is 11.8 Å². The highest BCUT2D eigenvalue weighted by Gasteiger charge is 2.26. The van der Waals surface area contributed by atoms with Crippen molar-refractivity contribution in [2.75, 3.05) is 12.4 Å². The zero-order valence-electron chi connectivity index (χ0n) is 19.5. The normalized spacial score (nSPS) is 14.7. The number of rotatable bonds is 8. The number of carbonyl (C=O) groups excluding carboxylic acids is 2. The van der Waals surface area contributed by atoms with E-state index in [-0.39, 0.29) is 17.5 Å². The zero-order valence-corrected chi connectivity index (χ0v) is 19.5. The Bertz CT molecular complexity index is 1180. The summed E-state index contributed by atoms with van der Waals surface area (Å²) in [5, 5.41) is 5.55. The van der Waals surface area contributed by atoms with Crippen molar-refractivity contribution in [2.45, 2.75) is 45.3 Å². The number of anilines is 1. The number of unbranched alkanes of at least 4 members (excludes halogenated alkanes) is 1. The number of fused-ring (bicyclic) bond motifs is 1. The highest BCUT2D eigenvalue weighted by Crippen LogP contribution is 2.29. The van der Waals surface area contributed by atoms with Gasteiger partial charge in [-0.2, -0.15) is 0 Å². The molecular formula is C27H29N3O4. The van der Waals surface area contributed by atoms with Gasteiger partial charge in [-0.15, -0.1) is 0 Å². The molecule has 1 atom stereocenters. The quantitative estimate of drug-likeness (QED) is 0.512. The Labute approximate surface area is 199 Å². The van der Waals surface area contributed by atoms with E-state index in [1.165, 1.54) is 11.8 Å². The van der Waals surface area contributed by atoms with Crippen LogP contribution in [0.15, 0.2) is 60.8 Å². The van der Waals surface area contributed by atoms with Crippen molar-refractivity contribution in [1.82, 2.24) is 10.3 Å². The van der Waals surface area contributed by atoms with E-state index in [9.17, 15) is 9.59 Å². The van der Waals surface area contributed by atoms with Gasteiger partial charge in [-0.25, -0.2) is 0 Å². The van der Waals surface area contributed by atoms with E-state index in [1.54, 1.807) is 19.2 Å². The third-order valence-corrected chi connectivity index (χ3v) is 5.76. The molecule has 0 bridgehead atoms. The molecular weight excluding hydrogens is 430 g/mol. The van der Waals surface area contributed by atoms with E-state index in [0.29, 0.717) is 24.5 Å². The third kappa shape index (κ3) is 5.80. The SMILES string of the molecule is CCCCc1cccc(NC(=O)C2Cc3cc(Oc4ccnc(C(=O)NC)c4)ccc3CO2)c1. The van der Waals surface area contributed by atoms with Crippen molar-refractivity contribution >= 4 is 17.5 Å². The molecule has 7 heteroatoms. The molecule has 2 amide bonds. The molecule has 1 aliphatic rings. The van der Waals surface area contributed by atoms with Gasteiger partial charge in [0.1, 0.15) is 23.3 Å². The summed E-state index contributed by atoms with van der Waals surface area (Å²) in [5.74, 6) is 0.696. The Morgan fingerprint density at radius 3 is 2.76 bits per heavy atom. The Morgan fingerprint density at radius 2 is 1.94 bits per heavy atom. The fourth-order valence-electron chi connectivity index (χ4n) is 3.89. The predicted molar refractivity (Wildman–Crippen MR) is 130 cm³/mol. The Morgan fingerprint density at radius 1 is 1.09 bits per heavy atom. The van der Waals surface area contributed by atoms with Crippen LogP contribution in [0.2, 0.25) is 0 Å². The highest BCUT2D eigenvalue weighted by molar-refractivity contribution is 5.94. The Kier molecular flexibility index (Phi) is 7.54. The summed E-state index contributed by atoms with van der Waals surface area (Å²) in [4.78, 5) is 28.8. The summed E-state index contributed by atoms with van der Waals surface area (Å²) in [6, 6.07) is 17.0. The van der Waals surface area contributed by atoms with E-state index in [2.05, 4.69) is 28.6 Å². The van der Waals surface area contributed by atoms with Crippen LogP contribution in [0.25, 0.3) is 0 Å². The summed E-state index contributed by atoms with van der Waals surface area (Å²) in [7, 11) is 1.55. The van der Waals surface area contributed by atoms with Crippen molar-refractivity contribution in [3.63, 3.8) is 0 Å². The minimum absolute atomic E-state index is 0.158. The van der Waals surface area contributed by atoms with Gasteiger partial charge < -0.3 is 20.1 Å². The number of aromatic nitrogens is 1. The van der Waals surface area contributed by atoms with Gasteiger partial charge in [-0.3, -0.25) is 14.6 Å². The van der Waals surface area contributed by atoms with Crippen LogP contribution in [-0.2, 0) is 29.0 Å². The first kappa shape index (κ1) is 23.4. The van der Waals surface area contributed by atoms with Crippen molar-refractivity contribution in [2.24, 2.45) is 0 Å². The number of hydrogen-bond acceptors (Lipinski definition) is 5. The maximum absolute atomic E-state index is 12.9. The van der Waals surface area contributed by atoms with Crippen LogP contribution in [0.3, 0.4) is 0 Å². The molecule has 0 fully saturated rings. The van der Waals surface area contributed by atoms with Gasteiger partial charge in [0.05, 0.1) is 6.61 Å². The van der Waals surface area contributed by atoms with E-state index in [4.69, 9.17) is 9.47 Å². The molecule has 7 nitrogen and oxygen atoms in total. The van der Waals surface area contributed by atoms with Gasteiger partial charge in [0, 0.05) is 31.4 Å². The summed E-state index contributed by atoms with van der Waals surface area (Å²) in [6.45, 7) is 2.53. The molecule has 2 aromatic carbocycles. The molecule has 3 aromatic rings. The standard InChI is InChI=1S/C27H29N3O4/c1-3-4-6-18-7-5-8-21(13-18)30-27(32)25-15-20-14-22(10-9-19(20)17-33-25)34-23-11-12-29-24(16-23)26(31)28-2/h5,7-14,16,25H,3-4,6,15,17H2,1-2H3,(H,28,31)(H,30,32). The first-order chi connectivity index (χ1) is 16.6. The topological polar surface area (TPSA) is 89.5 Å². The van der Waals surface area contributed by atoms with Gasteiger partial charge in [-0.1, -0.05) is 31.5 Å². The maximum Gasteiger partial charge on any atom is 0.269 e. The summed E-state index contributed by atoms with van der Waals surface area (Å²) >= 11 is 0. The maximum atomic E-state index is 12.9. The molecule has 2 heterocycles. The molecule has 1 aliphatic heterocycles. The average Bonchev–Trinajstić information content (AvgIpc) is 2.87. The van der Waals surface area contributed by atoms with Crippen molar-refractivity contribution in [3.8, 4) is 11.5 Å². The van der Waals surface area contributed by atoms with E-state index in [0.717, 1.165) is 36.1 Å². The largest absolute Gasteiger partial charge is 0.457 e. The van der Waals surface area contributed by atoms with E-state index in [1.807, 2.05) is 36.4 Å². The molecule has 0 spiro atoms. The molecule has 0 saturated carbocycles. The van der Waals surface area contributed by atoms with Crippen LogP contribution in [0.1, 0.15) is 46.9 Å². The summed E-state index contributed by atoms with van der Waals surface area (Å²) in [5.41, 5.74) is 4.31. The Hall–Kier alpha value is -3.71. The monoisotopic (exact) mass is 459 g/mol. The number of amides is 2. The van der Waals surface area contributed by atoms with Crippen LogP contribution < -0.4 is 15.4 Å². The summed E-state index contributed by atoms with van der Waals surface area (Å²) < 4.78 is 11.8. The minimum atomic E-state index is -0.581. The van der Waals surface area contributed by atoms with E-state index >= 15 is 0 Å². The second-order valence-electron chi connectivity index (χ2n) is 8.29. The fourth-order valence-corrected chi connectivity index (χ4v) is 3.89. The van der Waals surface area contributed by atoms with Crippen molar-refractivity contribution in [3.05, 3.63) is 83.2 Å². The molecule has 0 aliphatic carbocycles. The number of ether oxygens (including phenoxy) is 2. The number of aryl methyl sites for hydroxylation is 1. The lowest BCUT2D eigenvalue weighted by Gasteiger charge is -2.25. The lowest BCUT2D eigenvalue weighted by molar-refractivity contribution is -0.129. The fraction of sp³-hybridized carbons (Fsp3) is 0.296. The molecule has 1 unspecified atom stereocenters. The summed E-state index contributed by atoms with van der Waals surface area (Å²) in [6.07, 6.45) is 4.66.